The number of benzene rings is 2. The summed E-state index contributed by atoms with van der Waals surface area (Å²) in [5, 5.41) is 19.2. The highest BCUT2D eigenvalue weighted by Gasteiger charge is 2.25. The number of ether oxygens (including phenoxy) is 1. The first-order chi connectivity index (χ1) is 17.0. The van der Waals surface area contributed by atoms with Gasteiger partial charge in [-0.2, -0.15) is 0 Å². The molecule has 0 saturated carbocycles. The Balaban J connectivity index is 2.09. The van der Waals surface area contributed by atoms with Gasteiger partial charge in [0.15, 0.2) is 15.5 Å². The first-order valence-electron chi connectivity index (χ1n) is 10.7. The minimum absolute atomic E-state index is 0.0351. The van der Waals surface area contributed by atoms with Crippen LogP contribution < -0.4 is 5.32 Å². The lowest BCUT2D eigenvalue weighted by molar-refractivity contribution is -0.133. The van der Waals surface area contributed by atoms with Crippen LogP contribution in [0.3, 0.4) is 0 Å². The Morgan fingerprint density at radius 1 is 1.19 bits per heavy atom. The first-order valence-corrected chi connectivity index (χ1v) is 14.3. The molecule has 3 rings (SSSR count). The van der Waals surface area contributed by atoms with Crippen molar-refractivity contribution in [2.24, 2.45) is 0 Å². The highest BCUT2D eigenvalue weighted by atomic mass is 35.5. The van der Waals surface area contributed by atoms with E-state index in [1.165, 1.54) is 23.9 Å². The van der Waals surface area contributed by atoms with Crippen LogP contribution in [0.1, 0.15) is 31.2 Å². The molecule has 12 heteroatoms. The number of carbonyl (C=O) groups is 1. The molecule has 0 amide bonds. The van der Waals surface area contributed by atoms with E-state index in [-0.39, 0.29) is 39.3 Å². The van der Waals surface area contributed by atoms with Crippen molar-refractivity contribution in [3.05, 3.63) is 65.0 Å². The van der Waals surface area contributed by atoms with Gasteiger partial charge in [0, 0.05) is 17.5 Å². The third-order valence-corrected chi connectivity index (χ3v) is 6.78. The summed E-state index contributed by atoms with van der Waals surface area (Å²) in [6, 6.07) is 13.6. The van der Waals surface area contributed by atoms with Crippen molar-refractivity contribution in [3.8, 4) is 11.5 Å². The number of para-hydroxylation sites is 1. The summed E-state index contributed by atoms with van der Waals surface area (Å²) < 4.78 is 34.8. The van der Waals surface area contributed by atoms with E-state index in [1.807, 2.05) is 38.1 Å². The molecule has 0 aliphatic heterocycles. The van der Waals surface area contributed by atoms with Crippen LogP contribution in [0.2, 0.25) is 0 Å². The zero-order valence-corrected chi connectivity index (χ0v) is 22.4. The number of nitrogens with one attached hydrogen (secondary N) is 2. The Labute approximate surface area is 218 Å². The zero-order chi connectivity index (χ0) is 26.5. The molecule has 0 radical (unpaired) electrons. The van der Waals surface area contributed by atoms with E-state index < -0.39 is 21.5 Å². The fourth-order valence-electron chi connectivity index (χ4n) is 3.15. The Hall–Kier alpha value is -3.15. The largest absolute Gasteiger partial charge is 0.450 e. The van der Waals surface area contributed by atoms with Crippen molar-refractivity contribution >= 4 is 56.3 Å². The lowest BCUT2D eigenvalue weighted by atomic mass is 10.0. The van der Waals surface area contributed by atoms with Gasteiger partial charge in [-0.3, -0.25) is 5.41 Å². The summed E-state index contributed by atoms with van der Waals surface area (Å²) in [6.07, 6.45) is 2.85. The summed E-state index contributed by atoms with van der Waals surface area (Å²) in [5.41, 5.74) is 1.45. The molecule has 0 aliphatic rings. The maximum absolute atomic E-state index is 12.3. The highest BCUT2D eigenvalue weighted by Crippen LogP contribution is 2.31. The molecule has 1 heterocycles. The molecule has 0 atom stereocenters. The van der Waals surface area contributed by atoms with Crippen molar-refractivity contribution in [1.82, 2.24) is 10.2 Å². The summed E-state index contributed by atoms with van der Waals surface area (Å²) in [7, 11) is -3.45. The molecule has 190 valence electrons. The number of nitrogens with zero attached hydrogens (tertiary/aromatic N) is 2. The molecule has 0 unspecified atom stereocenters. The number of hydrogen-bond donors (Lipinski definition) is 2. The van der Waals surface area contributed by atoms with Gasteiger partial charge in [-0.05, 0) is 42.0 Å². The minimum atomic E-state index is -3.45. The predicted octanol–water partition coefficient (Wildman–Crippen LogP) is 5.17. The normalized spacial score (nSPS) is 12.3. The third-order valence-electron chi connectivity index (χ3n) is 4.94. The van der Waals surface area contributed by atoms with Gasteiger partial charge in [0.05, 0.1) is 4.90 Å². The maximum atomic E-state index is 12.3. The van der Waals surface area contributed by atoms with Gasteiger partial charge in [0.1, 0.15) is 16.7 Å². The highest BCUT2D eigenvalue weighted by molar-refractivity contribution is 7.98. The Bertz CT molecular complexity index is 1420. The number of anilines is 1. The third kappa shape index (κ3) is 6.54. The van der Waals surface area contributed by atoms with Crippen LogP contribution in [-0.4, -0.2) is 48.7 Å². The van der Waals surface area contributed by atoms with E-state index in [0.29, 0.717) is 11.3 Å². The van der Waals surface area contributed by atoms with E-state index in [1.54, 1.807) is 18.4 Å². The number of hydrogen-bond acceptors (Lipinski definition) is 10. The van der Waals surface area contributed by atoms with Crippen molar-refractivity contribution < 1.29 is 22.4 Å². The zero-order valence-electron chi connectivity index (χ0n) is 20.0. The van der Waals surface area contributed by atoms with Gasteiger partial charge < -0.3 is 14.5 Å². The number of thioether (sulfide) groups is 1. The summed E-state index contributed by atoms with van der Waals surface area (Å²) in [5.74, 6) is -0.761. The average molecular weight is 549 g/mol. The SMILES string of the molecule is CSCOC(=O)C(=N)/C(Cl)=C(\Nc1ccccc1C(C)C)c1nnc(-c2cccc(S(C)(=O)=O)c2)o1. The Morgan fingerprint density at radius 3 is 2.58 bits per heavy atom. The van der Waals surface area contributed by atoms with E-state index in [2.05, 4.69) is 15.5 Å². The monoisotopic (exact) mass is 548 g/mol. The van der Waals surface area contributed by atoms with E-state index in [4.69, 9.17) is 26.2 Å². The summed E-state index contributed by atoms with van der Waals surface area (Å²) >= 11 is 7.78. The van der Waals surface area contributed by atoms with Gasteiger partial charge >= 0.3 is 5.97 Å². The van der Waals surface area contributed by atoms with Crippen LogP contribution in [0, 0.1) is 5.41 Å². The van der Waals surface area contributed by atoms with Crippen LogP contribution in [0.15, 0.2) is 62.9 Å². The number of carbonyl (C=O) groups excluding carboxylic acids is 1. The topological polar surface area (TPSA) is 135 Å². The van der Waals surface area contributed by atoms with Gasteiger partial charge in [0.25, 0.3) is 5.89 Å². The fourth-order valence-corrected chi connectivity index (χ4v) is 4.25. The maximum Gasteiger partial charge on any atom is 0.358 e. The fraction of sp³-hybridized carbons (Fsp3) is 0.250. The van der Waals surface area contributed by atoms with Crippen LogP contribution in [0.25, 0.3) is 17.2 Å². The van der Waals surface area contributed by atoms with E-state index >= 15 is 0 Å². The van der Waals surface area contributed by atoms with Crippen molar-refractivity contribution in [3.63, 3.8) is 0 Å². The molecular weight excluding hydrogens is 524 g/mol. The quantitative estimate of drug-likeness (QED) is 0.200. The molecule has 0 fully saturated rings. The number of aromatic nitrogens is 2. The number of halogens is 1. The lowest BCUT2D eigenvalue weighted by Crippen LogP contribution is -2.19. The number of esters is 1. The molecule has 9 nitrogen and oxygen atoms in total. The Kier molecular flexibility index (Phi) is 8.93. The molecule has 0 saturated heterocycles. The van der Waals surface area contributed by atoms with Gasteiger partial charge in [-0.1, -0.05) is 49.7 Å². The van der Waals surface area contributed by atoms with Crippen molar-refractivity contribution in [2.75, 3.05) is 23.8 Å². The van der Waals surface area contributed by atoms with Gasteiger partial charge in [-0.25, -0.2) is 13.2 Å². The molecule has 0 aliphatic carbocycles. The molecule has 1 aromatic heterocycles. The van der Waals surface area contributed by atoms with Crippen molar-refractivity contribution in [1.29, 1.82) is 5.41 Å². The smallest absolute Gasteiger partial charge is 0.358 e. The second kappa shape index (κ2) is 11.7. The standard InChI is InChI=1S/C24H25ClN4O5S2/c1-14(2)17-10-5-6-11-18(17)27-21(19(25)20(26)24(30)33-13-35-3)23-29-28-22(34-23)15-8-7-9-16(12-15)36(4,31)32/h5-12,14,26-27H,13H2,1-4H3/b21-19+,26-20?. The number of rotatable bonds is 10. The predicted molar refractivity (Wildman–Crippen MR) is 142 cm³/mol. The molecule has 2 aromatic carbocycles. The van der Waals surface area contributed by atoms with Gasteiger partial charge in [0.2, 0.25) is 5.89 Å². The van der Waals surface area contributed by atoms with Crippen LogP contribution in [-0.2, 0) is 19.4 Å². The summed E-state index contributed by atoms with van der Waals surface area (Å²) in [6.45, 7) is 4.04. The van der Waals surface area contributed by atoms with Crippen LogP contribution >= 0.6 is 23.4 Å². The molecular formula is C24H25ClN4O5S2. The van der Waals surface area contributed by atoms with Crippen molar-refractivity contribution in [2.45, 2.75) is 24.7 Å². The van der Waals surface area contributed by atoms with E-state index in [9.17, 15) is 13.2 Å². The average Bonchev–Trinajstić information content (AvgIpc) is 3.34. The molecule has 2 N–H and O–H groups in total. The second-order valence-corrected chi connectivity index (χ2v) is 11.2. The number of sulfone groups is 1. The van der Waals surface area contributed by atoms with Crippen LogP contribution in [0.4, 0.5) is 5.69 Å². The first kappa shape index (κ1) is 27.4. The van der Waals surface area contributed by atoms with Crippen LogP contribution in [0.5, 0.6) is 0 Å². The minimum Gasteiger partial charge on any atom is -0.450 e. The summed E-state index contributed by atoms with van der Waals surface area (Å²) in [4.78, 5) is 12.4. The van der Waals surface area contributed by atoms with E-state index in [0.717, 1.165) is 11.8 Å². The lowest BCUT2D eigenvalue weighted by Gasteiger charge is -2.16. The molecule has 0 spiro atoms. The molecule has 3 aromatic rings. The second-order valence-electron chi connectivity index (χ2n) is 7.98. The van der Waals surface area contributed by atoms with Gasteiger partial charge in [-0.15, -0.1) is 22.0 Å². The molecule has 0 bridgehead atoms. The molecule has 36 heavy (non-hydrogen) atoms. The Morgan fingerprint density at radius 2 is 1.92 bits per heavy atom.